The molecule has 7 nitrogen and oxygen atoms in total. The van der Waals surface area contributed by atoms with Crippen LogP contribution in [0.2, 0.25) is 0 Å². The summed E-state index contributed by atoms with van der Waals surface area (Å²) in [5.41, 5.74) is 0. The Bertz CT molecular complexity index is 540. The van der Waals surface area contributed by atoms with Gasteiger partial charge in [0.05, 0.1) is 6.61 Å². The van der Waals surface area contributed by atoms with Gasteiger partial charge in [-0.25, -0.2) is 9.78 Å². The van der Waals surface area contributed by atoms with Crippen LogP contribution >= 0.6 is 0 Å². The van der Waals surface area contributed by atoms with Crippen LogP contribution in [-0.4, -0.2) is 59.8 Å². The Morgan fingerprint density at radius 2 is 2.00 bits per heavy atom. The highest BCUT2D eigenvalue weighted by Gasteiger charge is 2.24. The molecule has 2 fully saturated rings. The second-order valence-electron chi connectivity index (χ2n) is 6.39. The predicted molar refractivity (Wildman–Crippen MR) is 93.3 cm³/mol. The Kier molecular flexibility index (Phi) is 5.72. The summed E-state index contributed by atoms with van der Waals surface area (Å²) >= 11 is 0. The average molecular weight is 333 g/mol. The van der Waals surface area contributed by atoms with Gasteiger partial charge in [-0.05, 0) is 45.1 Å². The zero-order valence-electron chi connectivity index (χ0n) is 14.4. The van der Waals surface area contributed by atoms with Crippen molar-refractivity contribution in [2.45, 2.75) is 45.1 Å². The zero-order chi connectivity index (χ0) is 16.8. The Morgan fingerprint density at radius 3 is 2.71 bits per heavy atom. The highest BCUT2D eigenvalue weighted by atomic mass is 16.6. The number of nitrogens with zero attached hydrogens (tertiary/aromatic N) is 4. The number of hydrogen-bond donors (Lipinski definition) is 1. The molecule has 132 valence electrons. The van der Waals surface area contributed by atoms with Gasteiger partial charge in [-0.2, -0.15) is 4.98 Å². The molecule has 3 heterocycles. The van der Waals surface area contributed by atoms with E-state index >= 15 is 0 Å². The minimum absolute atomic E-state index is 0.209. The molecule has 0 saturated carbocycles. The summed E-state index contributed by atoms with van der Waals surface area (Å²) in [7, 11) is 0. The summed E-state index contributed by atoms with van der Waals surface area (Å²) in [4.78, 5) is 24.9. The second kappa shape index (κ2) is 8.17. The summed E-state index contributed by atoms with van der Waals surface area (Å²) in [6.45, 7) is 5.83. The Hall–Kier alpha value is -2.05. The first-order chi connectivity index (χ1) is 11.8. The van der Waals surface area contributed by atoms with E-state index in [-0.39, 0.29) is 6.09 Å². The molecule has 7 heteroatoms. The number of piperidine rings is 2. The van der Waals surface area contributed by atoms with Crippen LogP contribution in [0.25, 0.3) is 0 Å². The monoisotopic (exact) mass is 333 g/mol. The maximum atomic E-state index is 11.7. The van der Waals surface area contributed by atoms with Gasteiger partial charge in [0.2, 0.25) is 5.95 Å². The van der Waals surface area contributed by atoms with Crippen molar-refractivity contribution >= 4 is 17.9 Å². The zero-order valence-corrected chi connectivity index (χ0v) is 14.4. The number of rotatable bonds is 4. The Balaban J connectivity index is 1.52. The lowest BCUT2D eigenvalue weighted by Crippen LogP contribution is -2.42. The van der Waals surface area contributed by atoms with Crippen molar-refractivity contribution in [1.82, 2.24) is 14.9 Å². The first-order valence-corrected chi connectivity index (χ1v) is 9.02. The minimum atomic E-state index is -0.209. The predicted octanol–water partition coefficient (Wildman–Crippen LogP) is 2.50. The highest BCUT2D eigenvalue weighted by Crippen LogP contribution is 2.20. The molecule has 1 N–H and O–H groups in total. The van der Waals surface area contributed by atoms with E-state index in [9.17, 15) is 4.79 Å². The third-order valence-corrected chi connectivity index (χ3v) is 4.68. The van der Waals surface area contributed by atoms with Gasteiger partial charge in [-0.3, -0.25) is 0 Å². The molecule has 1 aromatic heterocycles. The molecule has 2 saturated heterocycles. The summed E-state index contributed by atoms with van der Waals surface area (Å²) < 4.78 is 5.05. The molecule has 1 amide bonds. The number of amides is 1. The normalized spacial score (nSPS) is 19.2. The molecule has 24 heavy (non-hydrogen) atoms. The smallest absolute Gasteiger partial charge is 0.409 e. The minimum Gasteiger partial charge on any atom is -0.450 e. The molecule has 3 rings (SSSR count). The molecule has 0 atom stereocenters. The van der Waals surface area contributed by atoms with Crippen LogP contribution in [0.15, 0.2) is 12.3 Å². The quantitative estimate of drug-likeness (QED) is 0.913. The molecule has 2 aliphatic rings. The van der Waals surface area contributed by atoms with Crippen LogP contribution in [0.3, 0.4) is 0 Å². The van der Waals surface area contributed by atoms with Crippen molar-refractivity contribution in [3.05, 3.63) is 12.3 Å². The van der Waals surface area contributed by atoms with Crippen molar-refractivity contribution in [2.24, 2.45) is 0 Å². The van der Waals surface area contributed by atoms with Gasteiger partial charge in [0, 0.05) is 38.4 Å². The molecular weight excluding hydrogens is 306 g/mol. The van der Waals surface area contributed by atoms with E-state index in [4.69, 9.17) is 4.74 Å². The lowest BCUT2D eigenvalue weighted by atomic mass is 10.1. The first-order valence-electron chi connectivity index (χ1n) is 9.02. The number of hydrogen-bond acceptors (Lipinski definition) is 6. The summed E-state index contributed by atoms with van der Waals surface area (Å²) in [6, 6.07) is 2.28. The van der Waals surface area contributed by atoms with Crippen molar-refractivity contribution < 1.29 is 9.53 Å². The fourth-order valence-electron chi connectivity index (χ4n) is 3.32. The van der Waals surface area contributed by atoms with E-state index in [0.29, 0.717) is 31.7 Å². The molecule has 0 bridgehead atoms. The Labute approximate surface area is 143 Å². The summed E-state index contributed by atoms with van der Waals surface area (Å²) in [5, 5.41) is 3.42. The van der Waals surface area contributed by atoms with Gasteiger partial charge in [0.1, 0.15) is 5.82 Å². The number of ether oxygens (including phenoxy) is 1. The van der Waals surface area contributed by atoms with E-state index in [2.05, 4.69) is 20.2 Å². The third kappa shape index (κ3) is 4.27. The van der Waals surface area contributed by atoms with Crippen LogP contribution in [0, 0.1) is 0 Å². The molecule has 0 aromatic carbocycles. The van der Waals surface area contributed by atoms with E-state index in [0.717, 1.165) is 31.7 Å². The molecule has 0 radical (unpaired) electrons. The van der Waals surface area contributed by atoms with Gasteiger partial charge < -0.3 is 19.9 Å². The lowest BCUT2D eigenvalue weighted by Gasteiger charge is -2.32. The Morgan fingerprint density at radius 1 is 1.25 bits per heavy atom. The number of nitrogens with one attached hydrogen (secondary N) is 1. The van der Waals surface area contributed by atoms with Gasteiger partial charge >= 0.3 is 6.09 Å². The number of anilines is 2. The number of carbonyl (C=O) groups is 1. The molecule has 0 aliphatic carbocycles. The van der Waals surface area contributed by atoms with E-state index < -0.39 is 0 Å². The topological polar surface area (TPSA) is 70.6 Å². The van der Waals surface area contributed by atoms with E-state index in [1.54, 1.807) is 4.90 Å². The molecule has 0 spiro atoms. The summed E-state index contributed by atoms with van der Waals surface area (Å²) in [6.07, 6.45) is 7.17. The summed E-state index contributed by atoms with van der Waals surface area (Å²) in [5.74, 6) is 1.70. The first kappa shape index (κ1) is 16.8. The molecule has 1 aromatic rings. The SMILES string of the molecule is CCOC(=O)N1CCC(Nc2nccc(N3CCCCC3)n2)CC1. The number of likely N-dealkylation sites (tertiary alicyclic amines) is 1. The fraction of sp³-hybridized carbons (Fsp3) is 0.706. The van der Waals surface area contributed by atoms with Crippen molar-refractivity contribution in [3.8, 4) is 0 Å². The van der Waals surface area contributed by atoms with E-state index in [1.807, 2.05) is 19.2 Å². The molecule has 2 aliphatic heterocycles. The largest absolute Gasteiger partial charge is 0.450 e. The highest BCUT2D eigenvalue weighted by molar-refractivity contribution is 5.67. The van der Waals surface area contributed by atoms with Crippen LogP contribution in [0.1, 0.15) is 39.0 Å². The third-order valence-electron chi connectivity index (χ3n) is 4.68. The van der Waals surface area contributed by atoms with Gasteiger partial charge in [-0.15, -0.1) is 0 Å². The molecule has 0 unspecified atom stereocenters. The van der Waals surface area contributed by atoms with Gasteiger partial charge in [0.15, 0.2) is 0 Å². The maximum absolute atomic E-state index is 11.7. The maximum Gasteiger partial charge on any atom is 0.409 e. The van der Waals surface area contributed by atoms with Crippen LogP contribution in [0.4, 0.5) is 16.6 Å². The van der Waals surface area contributed by atoms with Crippen molar-refractivity contribution in [2.75, 3.05) is 43.0 Å². The van der Waals surface area contributed by atoms with Crippen LogP contribution in [-0.2, 0) is 4.74 Å². The van der Waals surface area contributed by atoms with Crippen LogP contribution in [0.5, 0.6) is 0 Å². The van der Waals surface area contributed by atoms with E-state index in [1.165, 1.54) is 19.3 Å². The van der Waals surface area contributed by atoms with Crippen molar-refractivity contribution in [3.63, 3.8) is 0 Å². The molecular formula is C17H27N5O2. The lowest BCUT2D eigenvalue weighted by molar-refractivity contribution is 0.0983. The number of aromatic nitrogens is 2. The van der Waals surface area contributed by atoms with Crippen LogP contribution < -0.4 is 10.2 Å². The number of carbonyl (C=O) groups excluding carboxylic acids is 1. The fourth-order valence-corrected chi connectivity index (χ4v) is 3.32. The van der Waals surface area contributed by atoms with Crippen molar-refractivity contribution in [1.29, 1.82) is 0 Å². The standard InChI is InChI=1S/C17H27N5O2/c1-2-24-17(23)22-12-7-14(8-13-22)19-16-18-9-6-15(20-16)21-10-4-3-5-11-21/h6,9,14H,2-5,7-8,10-13H2,1H3,(H,18,19,20). The average Bonchev–Trinajstić information content (AvgIpc) is 2.63. The second-order valence-corrected chi connectivity index (χ2v) is 6.39. The van der Waals surface area contributed by atoms with Gasteiger partial charge in [-0.1, -0.05) is 0 Å². The van der Waals surface area contributed by atoms with Gasteiger partial charge in [0.25, 0.3) is 0 Å².